The van der Waals surface area contributed by atoms with E-state index in [0.29, 0.717) is 18.0 Å². The van der Waals surface area contributed by atoms with Crippen LogP contribution in [0.3, 0.4) is 0 Å². The van der Waals surface area contributed by atoms with E-state index in [9.17, 15) is 13.2 Å². The van der Waals surface area contributed by atoms with Gasteiger partial charge in [-0.15, -0.1) is 0 Å². The van der Waals surface area contributed by atoms with E-state index in [1.165, 1.54) is 18.7 Å². The van der Waals surface area contributed by atoms with Crippen molar-refractivity contribution in [2.45, 2.75) is 49.7 Å². The molecular formula is C19H29N5O4S. The van der Waals surface area contributed by atoms with Crippen molar-refractivity contribution in [3.05, 3.63) is 30.1 Å². The lowest BCUT2D eigenvalue weighted by Gasteiger charge is -2.07. The van der Waals surface area contributed by atoms with Crippen LogP contribution >= 0.6 is 0 Å². The number of aromatic amines is 1. The van der Waals surface area contributed by atoms with Crippen LogP contribution in [0.5, 0.6) is 0 Å². The molecule has 2 atom stereocenters. The summed E-state index contributed by atoms with van der Waals surface area (Å²) in [5.41, 5.74) is 1.56. The van der Waals surface area contributed by atoms with Crippen LogP contribution in [0.15, 0.2) is 29.4 Å². The summed E-state index contributed by atoms with van der Waals surface area (Å²) in [6, 6.07) is 5.02. The number of pyridine rings is 1. The summed E-state index contributed by atoms with van der Waals surface area (Å²) in [6.07, 6.45) is 6.28. The maximum Gasteiger partial charge on any atom is 0.293 e. The van der Waals surface area contributed by atoms with Crippen LogP contribution in [-0.2, 0) is 19.4 Å². The Morgan fingerprint density at radius 1 is 1.34 bits per heavy atom. The van der Waals surface area contributed by atoms with Crippen molar-refractivity contribution in [1.29, 1.82) is 0 Å². The third kappa shape index (κ3) is 7.13. The minimum atomic E-state index is -3.36. The highest BCUT2D eigenvalue weighted by molar-refractivity contribution is 7.90. The quantitative estimate of drug-likeness (QED) is 0.553. The Hall–Kier alpha value is -2.46. The molecule has 0 aliphatic heterocycles. The van der Waals surface area contributed by atoms with Crippen LogP contribution in [0.2, 0.25) is 0 Å². The lowest BCUT2D eigenvalue weighted by Crippen LogP contribution is -2.06. The fourth-order valence-electron chi connectivity index (χ4n) is 3.12. The van der Waals surface area contributed by atoms with E-state index >= 15 is 0 Å². The van der Waals surface area contributed by atoms with E-state index in [-0.39, 0.29) is 17.0 Å². The molecule has 0 saturated heterocycles. The average molecular weight is 424 g/mol. The molecule has 9 nitrogen and oxygen atoms in total. The van der Waals surface area contributed by atoms with Gasteiger partial charge in [0.25, 0.3) is 6.47 Å². The number of hydrogen-bond donors (Lipinski definition) is 3. The van der Waals surface area contributed by atoms with Crippen LogP contribution in [0, 0.1) is 0 Å². The Balaban J connectivity index is 0.000000537. The van der Waals surface area contributed by atoms with Gasteiger partial charge in [0.05, 0.1) is 0 Å². The number of nitrogens with one attached hydrogen (secondary N) is 3. The van der Waals surface area contributed by atoms with E-state index < -0.39 is 9.84 Å². The monoisotopic (exact) mass is 423 g/mol. The normalized spacial score (nSPS) is 18.6. The topological polar surface area (TPSA) is 126 Å². The number of H-pyrrole nitrogens is 1. The van der Waals surface area contributed by atoms with Crippen LogP contribution in [0.25, 0.3) is 0 Å². The number of nitrogens with zero attached hydrogens (tertiary/aromatic N) is 2. The standard InChI is InChI=1S/C15H18N4O4S.C4H11N/c1-24(21,22)15-7-11(4-5-16-15)17-14-8-13(18-19-14)10-2-3-12(6-10)23-9-20;1-3-4-5-2/h4-5,7-10,12H,2-3,6H2,1H3,(H2,16,17,18,19);5H,3-4H2,1-2H3/t10-,12?;/m0./s1. The molecule has 1 saturated carbocycles. The Bertz CT molecular complexity index is 882. The van der Waals surface area contributed by atoms with Crippen LogP contribution in [0.1, 0.15) is 44.2 Å². The number of rotatable bonds is 8. The predicted octanol–water partition coefficient (Wildman–Crippen LogP) is 2.38. The Morgan fingerprint density at radius 2 is 2.14 bits per heavy atom. The molecule has 0 amide bonds. The molecule has 1 fully saturated rings. The van der Waals surface area contributed by atoms with Gasteiger partial charge in [-0.3, -0.25) is 9.89 Å². The summed E-state index contributed by atoms with van der Waals surface area (Å²) in [5.74, 6) is 0.859. The molecule has 3 N–H and O–H groups in total. The zero-order valence-electron chi connectivity index (χ0n) is 17.0. The van der Waals surface area contributed by atoms with Crippen LogP contribution < -0.4 is 10.6 Å². The second-order valence-electron chi connectivity index (χ2n) is 6.96. The maximum absolute atomic E-state index is 11.6. The van der Waals surface area contributed by atoms with Crippen molar-refractivity contribution >= 4 is 27.8 Å². The first-order valence-corrected chi connectivity index (χ1v) is 11.5. The van der Waals surface area contributed by atoms with E-state index in [1.807, 2.05) is 13.1 Å². The first-order valence-electron chi connectivity index (χ1n) is 9.59. The van der Waals surface area contributed by atoms with Gasteiger partial charge in [0.2, 0.25) is 0 Å². The van der Waals surface area contributed by atoms with E-state index in [1.54, 1.807) is 6.07 Å². The van der Waals surface area contributed by atoms with Gasteiger partial charge in [-0.25, -0.2) is 13.4 Å². The number of aromatic nitrogens is 3. The second kappa shape index (κ2) is 10.9. The van der Waals surface area contributed by atoms with Crippen LogP contribution in [0.4, 0.5) is 11.5 Å². The lowest BCUT2D eigenvalue weighted by molar-refractivity contribution is -0.133. The third-order valence-electron chi connectivity index (χ3n) is 4.56. The highest BCUT2D eigenvalue weighted by atomic mass is 32.2. The fourth-order valence-corrected chi connectivity index (χ4v) is 3.72. The van der Waals surface area contributed by atoms with Crippen molar-refractivity contribution in [1.82, 2.24) is 20.5 Å². The SMILES string of the molecule is CCCNC.CS(=O)(=O)c1cc(Nc2cc([C@H]3CCC(OC=O)C3)[nH]n2)ccn1. The molecule has 10 heteroatoms. The first kappa shape index (κ1) is 22.8. The van der Waals surface area contributed by atoms with Gasteiger partial charge in [-0.05, 0) is 51.4 Å². The molecule has 2 aromatic heterocycles. The molecule has 2 heterocycles. The minimum absolute atomic E-state index is 0.00732. The number of carbonyl (C=O) groups excluding carboxylic acids is 1. The molecule has 1 aliphatic rings. The zero-order chi connectivity index (χ0) is 21.3. The minimum Gasteiger partial charge on any atom is -0.465 e. The summed E-state index contributed by atoms with van der Waals surface area (Å²) in [6.45, 7) is 3.78. The van der Waals surface area contributed by atoms with Crippen molar-refractivity contribution in [3.8, 4) is 0 Å². The molecule has 0 spiro atoms. The largest absolute Gasteiger partial charge is 0.465 e. The summed E-state index contributed by atoms with van der Waals surface area (Å²) in [5, 5.41) is 13.3. The lowest BCUT2D eigenvalue weighted by atomic mass is 10.0. The molecule has 1 unspecified atom stereocenters. The molecular weight excluding hydrogens is 394 g/mol. The van der Waals surface area contributed by atoms with Gasteiger partial charge >= 0.3 is 0 Å². The highest BCUT2D eigenvalue weighted by Crippen LogP contribution is 2.35. The molecule has 1 aliphatic carbocycles. The number of ether oxygens (including phenoxy) is 1. The maximum atomic E-state index is 11.6. The Labute approximate surface area is 171 Å². The van der Waals surface area contributed by atoms with Gasteiger partial charge < -0.3 is 15.4 Å². The van der Waals surface area contributed by atoms with E-state index in [2.05, 4.69) is 32.7 Å². The Kier molecular flexibility index (Phi) is 8.59. The smallest absolute Gasteiger partial charge is 0.293 e. The summed E-state index contributed by atoms with van der Waals surface area (Å²) >= 11 is 0. The third-order valence-corrected chi connectivity index (χ3v) is 5.54. The van der Waals surface area contributed by atoms with Gasteiger partial charge in [0.15, 0.2) is 20.7 Å². The van der Waals surface area contributed by atoms with Gasteiger partial charge in [-0.2, -0.15) is 5.10 Å². The van der Waals surface area contributed by atoms with Crippen molar-refractivity contribution < 1.29 is 17.9 Å². The highest BCUT2D eigenvalue weighted by Gasteiger charge is 2.28. The van der Waals surface area contributed by atoms with E-state index in [0.717, 1.165) is 37.8 Å². The van der Waals surface area contributed by atoms with Gasteiger partial charge in [0.1, 0.15) is 6.10 Å². The number of hydrogen-bond acceptors (Lipinski definition) is 8. The van der Waals surface area contributed by atoms with Crippen molar-refractivity contribution in [2.75, 3.05) is 25.2 Å². The molecule has 3 rings (SSSR count). The molecule has 29 heavy (non-hydrogen) atoms. The van der Waals surface area contributed by atoms with Crippen molar-refractivity contribution in [3.63, 3.8) is 0 Å². The van der Waals surface area contributed by atoms with Gasteiger partial charge in [0, 0.05) is 35.8 Å². The first-order chi connectivity index (χ1) is 13.9. The van der Waals surface area contributed by atoms with Crippen molar-refractivity contribution in [2.24, 2.45) is 0 Å². The molecule has 0 aromatic carbocycles. The molecule has 2 aromatic rings. The van der Waals surface area contributed by atoms with Crippen LogP contribution in [-0.4, -0.2) is 56.0 Å². The molecule has 0 radical (unpaired) electrons. The molecule has 0 bridgehead atoms. The average Bonchev–Trinajstić information content (AvgIpc) is 3.32. The predicted molar refractivity (Wildman–Crippen MR) is 111 cm³/mol. The Morgan fingerprint density at radius 3 is 2.76 bits per heavy atom. The zero-order valence-corrected chi connectivity index (χ0v) is 17.8. The summed E-state index contributed by atoms with van der Waals surface area (Å²) in [4.78, 5) is 14.3. The number of anilines is 2. The van der Waals surface area contributed by atoms with Gasteiger partial charge in [-0.1, -0.05) is 6.92 Å². The second-order valence-corrected chi connectivity index (χ2v) is 8.92. The fraction of sp³-hybridized carbons (Fsp3) is 0.526. The molecule has 160 valence electrons. The summed E-state index contributed by atoms with van der Waals surface area (Å²) < 4.78 is 28.1. The summed E-state index contributed by atoms with van der Waals surface area (Å²) in [7, 11) is -1.40. The van der Waals surface area contributed by atoms with E-state index in [4.69, 9.17) is 4.74 Å². The number of sulfone groups is 1. The number of carbonyl (C=O) groups is 1.